The van der Waals surface area contributed by atoms with Gasteiger partial charge >= 0.3 is 0 Å². The first-order chi connectivity index (χ1) is 7.43. The number of hydrogen-bond acceptors (Lipinski definition) is 3. The summed E-state index contributed by atoms with van der Waals surface area (Å²) in [5.74, 6) is 0. The Bertz CT molecular complexity index is 374. The molecule has 0 aliphatic carbocycles. The summed E-state index contributed by atoms with van der Waals surface area (Å²) >= 11 is 1.84. The molecule has 0 unspecified atom stereocenters. The van der Waals surface area contributed by atoms with Crippen LogP contribution in [-0.2, 0) is 0 Å². The Morgan fingerprint density at radius 1 is 1.25 bits per heavy atom. The van der Waals surface area contributed by atoms with Crippen LogP contribution in [-0.4, -0.2) is 10.8 Å². The Kier molecular flexibility index (Phi) is 4.26. The van der Waals surface area contributed by atoms with Gasteiger partial charge in [-0.25, -0.2) is 0 Å². The zero-order valence-electron chi connectivity index (χ0n) is 10.2. The highest BCUT2D eigenvalue weighted by atomic mass is 32.2. The van der Waals surface area contributed by atoms with Gasteiger partial charge in [-0.2, -0.15) is 5.26 Å². The number of thioether (sulfide) groups is 1. The van der Waals surface area contributed by atoms with E-state index in [1.165, 1.54) is 4.90 Å². The van der Waals surface area contributed by atoms with Crippen LogP contribution in [0.2, 0.25) is 0 Å². The van der Waals surface area contributed by atoms with Crippen molar-refractivity contribution in [3.05, 3.63) is 24.3 Å². The third kappa shape index (κ3) is 4.16. The van der Waals surface area contributed by atoms with Crippen molar-refractivity contribution in [1.82, 2.24) is 0 Å². The molecule has 0 bridgehead atoms. The van der Waals surface area contributed by atoms with E-state index in [1.54, 1.807) is 0 Å². The van der Waals surface area contributed by atoms with E-state index in [9.17, 15) is 0 Å². The molecule has 0 atom stereocenters. The van der Waals surface area contributed by atoms with Crippen LogP contribution in [0.5, 0.6) is 0 Å². The van der Waals surface area contributed by atoms with Crippen LogP contribution in [0.1, 0.15) is 27.7 Å². The number of nitrogens with one attached hydrogen (secondary N) is 1. The number of rotatable bonds is 4. The average molecular weight is 234 g/mol. The first-order valence-corrected chi connectivity index (χ1v) is 6.27. The van der Waals surface area contributed by atoms with E-state index < -0.39 is 5.54 Å². The normalized spacial score (nSPS) is 11.2. The summed E-state index contributed by atoms with van der Waals surface area (Å²) in [5, 5.41) is 12.7. The Morgan fingerprint density at radius 3 is 2.25 bits per heavy atom. The van der Waals surface area contributed by atoms with E-state index in [-0.39, 0.29) is 0 Å². The molecule has 0 saturated heterocycles. The summed E-state index contributed by atoms with van der Waals surface area (Å²) in [5.41, 5.74) is 0.465. The molecule has 0 amide bonds. The summed E-state index contributed by atoms with van der Waals surface area (Å²) in [6.45, 7) is 8.08. The molecule has 0 saturated carbocycles. The molecule has 0 fully saturated rings. The molecule has 0 heterocycles. The maximum absolute atomic E-state index is 8.91. The smallest absolute Gasteiger partial charge is 0.119 e. The van der Waals surface area contributed by atoms with Gasteiger partial charge in [-0.05, 0) is 38.1 Å². The summed E-state index contributed by atoms with van der Waals surface area (Å²) in [6.07, 6.45) is 0. The van der Waals surface area contributed by atoms with Gasteiger partial charge in [-0.15, -0.1) is 11.8 Å². The van der Waals surface area contributed by atoms with Gasteiger partial charge in [0, 0.05) is 15.8 Å². The zero-order chi connectivity index (χ0) is 12.2. The highest BCUT2D eigenvalue weighted by Gasteiger charge is 2.15. The van der Waals surface area contributed by atoms with E-state index in [0.29, 0.717) is 5.25 Å². The lowest BCUT2D eigenvalue weighted by molar-refractivity contribution is 0.729. The fourth-order valence-corrected chi connectivity index (χ4v) is 2.12. The molecule has 16 heavy (non-hydrogen) atoms. The second kappa shape index (κ2) is 5.27. The second-order valence-electron chi connectivity index (χ2n) is 4.55. The number of benzene rings is 1. The Labute approximate surface area is 102 Å². The minimum absolute atomic E-state index is 0.521. The first kappa shape index (κ1) is 12.9. The van der Waals surface area contributed by atoms with Gasteiger partial charge in [-0.3, -0.25) is 0 Å². The maximum atomic E-state index is 8.91. The molecule has 1 rings (SSSR count). The van der Waals surface area contributed by atoms with E-state index in [2.05, 4.69) is 37.4 Å². The van der Waals surface area contributed by atoms with Gasteiger partial charge < -0.3 is 5.32 Å². The molecule has 2 nitrogen and oxygen atoms in total. The fourth-order valence-electron chi connectivity index (χ4n) is 1.28. The van der Waals surface area contributed by atoms with Crippen molar-refractivity contribution in [2.45, 2.75) is 43.4 Å². The zero-order valence-corrected chi connectivity index (χ0v) is 11.1. The first-order valence-electron chi connectivity index (χ1n) is 5.39. The Balaban J connectivity index is 2.69. The second-order valence-corrected chi connectivity index (χ2v) is 6.20. The topological polar surface area (TPSA) is 35.8 Å². The molecule has 1 aromatic rings. The number of anilines is 1. The molecule has 1 N–H and O–H groups in total. The lowest BCUT2D eigenvalue weighted by atomic mass is 10.1. The number of nitrogens with zero attached hydrogens (tertiary/aromatic N) is 1. The van der Waals surface area contributed by atoms with Gasteiger partial charge in [0.15, 0.2) is 0 Å². The average Bonchev–Trinajstić information content (AvgIpc) is 2.20. The standard InChI is InChI=1S/C13H18N2S/c1-10(2)16-12-7-5-11(6-8-12)15-13(3,4)9-14/h5-8,10,15H,1-4H3. The summed E-state index contributed by atoms with van der Waals surface area (Å²) in [4.78, 5) is 1.26. The minimum Gasteiger partial charge on any atom is -0.368 e. The molecule has 3 heteroatoms. The minimum atomic E-state index is -0.521. The van der Waals surface area contributed by atoms with Crippen molar-refractivity contribution in [3.8, 4) is 6.07 Å². The number of hydrogen-bond donors (Lipinski definition) is 1. The molecular formula is C13H18N2S. The van der Waals surface area contributed by atoms with Crippen LogP contribution in [0.15, 0.2) is 29.2 Å². The van der Waals surface area contributed by atoms with Crippen LogP contribution in [0.4, 0.5) is 5.69 Å². The largest absolute Gasteiger partial charge is 0.368 e. The van der Waals surface area contributed by atoms with E-state index in [1.807, 2.05) is 37.7 Å². The third-order valence-corrected chi connectivity index (χ3v) is 2.98. The van der Waals surface area contributed by atoms with Crippen molar-refractivity contribution in [2.75, 3.05) is 5.32 Å². The Hall–Kier alpha value is -1.14. The predicted molar refractivity (Wildman–Crippen MR) is 70.7 cm³/mol. The SMILES string of the molecule is CC(C)Sc1ccc(NC(C)(C)C#N)cc1. The van der Waals surface area contributed by atoms with Crippen molar-refractivity contribution < 1.29 is 0 Å². The molecule has 0 aromatic heterocycles. The van der Waals surface area contributed by atoms with Gasteiger partial charge in [0.2, 0.25) is 0 Å². The van der Waals surface area contributed by atoms with Gasteiger partial charge in [0.1, 0.15) is 5.54 Å². The van der Waals surface area contributed by atoms with Crippen LogP contribution in [0.25, 0.3) is 0 Å². The highest BCUT2D eigenvalue weighted by Crippen LogP contribution is 2.25. The monoisotopic (exact) mass is 234 g/mol. The summed E-state index contributed by atoms with van der Waals surface area (Å²) in [7, 11) is 0. The van der Waals surface area contributed by atoms with Crippen molar-refractivity contribution in [1.29, 1.82) is 5.26 Å². The fraction of sp³-hybridized carbons (Fsp3) is 0.462. The van der Waals surface area contributed by atoms with Crippen LogP contribution < -0.4 is 5.32 Å². The molecule has 1 aromatic carbocycles. The van der Waals surface area contributed by atoms with Crippen molar-refractivity contribution >= 4 is 17.4 Å². The molecule has 0 aliphatic heterocycles. The lowest BCUT2D eigenvalue weighted by Crippen LogP contribution is -2.28. The number of nitriles is 1. The van der Waals surface area contributed by atoms with Gasteiger partial charge in [0.25, 0.3) is 0 Å². The summed E-state index contributed by atoms with van der Waals surface area (Å²) < 4.78 is 0. The van der Waals surface area contributed by atoms with E-state index in [4.69, 9.17) is 5.26 Å². The van der Waals surface area contributed by atoms with Crippen molar-refractivity contribution in [3.63, 3.8) is 0 Å². The Morgan fingerprint density at radius 2 is 1.81 bits per heavy atom. The maximum Gasteiger partial charge on any atom is 0.119 e. The van der Waals surface area contributed by atoms with E-state index >= 15 is 0 Å². The van der Waals surface area contributed by atoms with Crippen LogP contribution in [0.3, 0.4) is 0 Å². The predicted octanol–water partition coefficient (Wildman–Crippen LogP) is 3.90. The quantitative estimate of drug-likeness (QED) is 0.802. The van der Waals surface area contributed by atoms with E-state index in [0.717, 1.165) is 5.69 Å². The molecule has 86 valence electrons. The van der Waals surface area contributed by atoms with Gasteiger partial charge in [0.05, 0.1) is 6.07 Å². The molecule has 0 spiro atoms. The van der Waals surface area contributed by atoms with Crippen LogP contribution >= 0.6 is 11.8 Å². The third-order valence-electron chi connectivity index (χ3n) is 1.96. The molecule has 0 radical (unpaired) electrons. The van der Waals surface area contributed by atoms with Crippen LogP contribution in [0, 0.1) is 11.3 Å². The summed E-state index contributed by atoms with van der Waals surface area (Å²) in [6, 6.07) is 10.4. The highest BCUT2D eigenvalue weighted by molar-refractivity contribution is 7.99. The lowest BCUT2D eigenvalue weighted by Gasteiger charge is -2.19. The van der Waals surface area contributed by atoms with Gasteiger partial charge in [-0.1, -0.05) is 13.8 Å². The molecular weight excluding hydrogens is 216 g/mol. The van der Waals surface area contributed by atoms with Crippen molar-refractivity contribution in [2.24, 2.45) is 0 Å². The molecule has 0 aliphatic rings.